The van der Waals surface area contributed by atoms with Crippen molar-refractivity contribution in [3.8, 4) is 5.75 Å². The van der Waals surface area contributed by atoms with Crippen molar-refractivity contribution in [2.24, 2.45) is 0 Å². The number of sulfonamides is 1. The zero-order valence-electron chi connectivity index (χ0n) is 16.7. The topological polar surface area (TPSA) is 84.5 Å². The molecule has 3 aromatic carbocycles. The molecule has 0 radical (unpaired) electrons. The van der Waals surface area contributed by atoms with Crippen molar-refractivity contribution < 1.29 is 17.9 Å². The smallest absolute Gasteiger partial charge is 0.261 e. The van der Waals surface area contributed by atoms with Crippen LogP contribution in [-0.4, -0.2) is 21.4 Å². The van der Waals surface area contributed by atoms with Crippen LogP contribution in [0.5, 0.6) is 5.75 Å². The maximum Gasteiger partial charge on any atom is 0.261 e. The van der Waals surface area contributed by atoms with Gasteiger partial charge in [-0.15, -0.1) is 0 Å². The zero-order valence-corrected chi connectivity index (χ0v) is 18.3. The third-order valence-electron chi connectivity index (χ3n) is 4.55. The Morgan fingerprint density at radius 1 is 0.933 bits per heavy atom. The van der Waals surface area contributed by atoms with Crippen molar-refractivity contribution in [1.29, 1.82) is 0 Å². The van der Waals surface area contributed by atoms with Crippen molar-refractivity contribution >= 4 is 38.9 Å². The van der Waals surface area contributed by atoms with Gasteiger partial charge in [0.1, 0.15) is 5.75 Å². The van der Waals surface area contributed by atoms with Crippen LogP contribution < -0.4 is 14.8 Å². The number of hydrogen-bond donors (Lipinski definition) is 2. The van der Waals surface area contributed by atoms with Crippen LogP contribution in [0.25, 0.3) is 0 Å². The lowest BCUT2D eigenvalue weighted by atomic mass is 10.1. The van der Waals surface area contributed by atoms with E-state index in [1.54, 1.807) is 37.3 Å². The first-order valence-electron chi connectivity index (χ1n) is 9.05. The van der Waals surface area contributed by atoms with Crippen LogP contribution in [-0.2, 0) is 10.0 Å². The molecule has 0 aromatic heterocycles. The van der Waals surface area contributed by atoms with Crippen molar-refractivity contribution in [2.75, 3.05) is 17.1 Å². The number of nitrogens with one attached hydrogen (secondary N) is 2. The van der Waals surface area contributed by atoms with Gasteiger partial charge >= 0.3 is 0 Å². The molecule has 0 unspecified atom stereocenters. The number of halogens is 1. The molecule has 156 valence electrons. The summed E-state index contributed by atoms with van der Waals surface area (Å²) >= 11 is 5.94. The molecule has 0 fully saturated rings. The van der Waals surface area contributed by atoms with E-state index < -0.39 is 10.0 Å². The van der Waals surface area contributed by atoms with Crippen LogP contribution >= 0.6 is 11.6 Å². The van der Waals surface area contributed by atoms with E-state index in [0.717, 1.165) is 5.56 Å². The summed E-state index contributed by atoms with van der Waals surface area (Å²) in [5.41, 5.74) is 2.65. The lowest BCUT2D eigenvalue weighted by Gasteiger charge is -2.15. The lowest BCUT2D eigenvalue weighted by molar-refractivity contribution is 0.102. The summed E-state index contributed by atoms with van der Waals surface area (Å²) in [5, 5.41) is 3.26. The molecule has 0 saturated heterocycles. The number of rotatable bonds is 6. The molecular weight excluding hydrogens is 424 g/mol. The SMILES string of the molecule is COc1ccc(S(=O)(=O)Nc2ccc(Cl)cc2C)cc1NC(=O)c1ccccc1C. The summed E-state index contributed by atoms with van der Waals surface area (Å²) in [6.45, 7) is 3.58. The van der Waals surface area contributed by atoms with E-state index in [1.807, 2.05) is 19.1 Å². The second kappa shape index (κ2) is 8.77. The summed E-state index contributed by atoms with van der Waals surface area (Å²) in [4.78, 5) is 12.7. The van der Waals surface area contributed by atoms with E-state index in [4.69, 9.17) is 16.3 Å². The molecule has 2 N–H and O–H groups in total. The minimum atomic E-state index is -3.90. The molecule has 0 aliphatic rings. The Balaban J connectivity index is 1.93. The second-order valence-electron chi connectivity index (χ2n) is 6.70. The number of ether oxygens (including phenoxy) is 1. The first-order chi connectivity index (χ1) is 14.2. The zero-order chi connectivity index (χ0) is 21.9. The van der Waals surface area contributed by atoms with Crippen LogP contribution in [0, 0.1) is 13.8 Å². The van der Waals surface area contributed by atoms with Gasteiger partial charge in [0.05, 0.1) is 23.4 Å². The number of methoxy groups -OCH3 is 1. The molecule has 0 spiro atoms. The molecule has 1 amide bonds. The fourth-order valence-electron chi connectivity index (χ4n) is 2.91. The minimum absolute atomic E-state index is 0.0160. The highest BCUT2D eigenvalue weighted by atomic mass is 35.5. The summed E-state index contributed by atoms with van der Waals surface area (Å²) in [6.07, 6.45) is 0. The third kappa shape index (κ3) is 4.75. The lowest BCUT2D eigenvalue weighted by Crippen LogP contribution is -2.16. The van der Waals surface area contributed by atoms with Gasteiger partial charge in [0.2, 0.25) is 0 Å². The van der Waals surface area contributed by atoms with Crippen molar-refractivity contribution in [2.45, 2.75) is 18.7 Å². The second-order valence-corrected chi connectivity index (χ2v) is 8.81. The first kappa shape index (κ1) is 21.7. The number of hydrogen-bond acceptors (Lipinski definition) is 4. The van der Waals surface area contributed by atoms with Gasteiger partial charge in [-0.3, -0.25) is 9.52 Å². The van der Waals surface area contributed by atoms with E-state index in [0.29, 0.717) is 27.6 Å². The minimum Gasteiger partial charge on any atom is -0.495 e. The third-order valence-corrected chi connectivity index (χ3v) is 6.15. The molecule has 3 rings (SSSR count). The maximum absolute atomic E-state index is 12.9. The standard InChI is InChI=1S/C22H21ClN2O4S/c1-14-6-4-5-7-18(14)22(26)24-20-13-17(9-11-21(20)29-3)30(27,28)25-19-10-8-16(23)12-15(19)2/h4-13,25H,1-3H3,(H,24,26). The Hall–Kier alpha value is -3.03. The van der Waals surface area contributed by atoms with Crippen LogP contribution in [0.2, 0.25) is 5.02 Å². The average molecular weight is 445 g/mol. The summed E-state index contributed by atoms with van der Waals surface area (Å²) in [6, 6.07) is 16.3. The fourth-order valence-corrected chi connectivity index (χ4v) is 4.30. The first-order valence-corrected chi connectivity index (χ1v) is 10.9. The van der Waals surface area contributed by atoms with E-state index in [1.165, 1.54) is 25.3 Å². The average Bonchev–Trinajstić information content (AvgIpc) is 2.70. The predicted molar refractivity (Wildman–Crippen MR) is 119 cm³/mol. The summed E-state index contributed by atoms with van der Waals surface area (Å²) in [7, 11) is -2.46. The summed E-state index contributed by atoms with van der Waals surface area (Å²) < 4.78 is 33.6. The molecule has 0 atom stereocenters. The molecule has 6 nitrogen and oxygen atoms in total. The van der Waals surface area contributed by atoms with E-state index >= 15 is 0 Å². The Labute approximate surface area is 180 Å². The van der Waals surface area contributed by atoms with Gasteiger partial charge in [0.15, 0.2) is 0 Å². The molecule has 0 saturated carbocycles. The molecule has 0 heterocycles. The molecule has 30 heavy (non-hydrogen) atoms. The Morgan fingerprint density at radius 3 is 2.33 bits per heavy atom. The van der Waals surface area contributed by atoms with Crippen molar-refractivity contribution in [3.05, 3.63) is 82.4 Å². The van der Waals surface area contributed by atoms with Gasteiger partial charge in [-0.05, 0) is 67.4 Å². The number of carbonyl (C=O) groups is 1. The van der Waals surface area contributed by atoms with Gasteiger partial charge in [-0.2, -0.15) is 0 Å². The van der Waals surface area contributed by atoms with Gasteiger partial charge in [0, 0.05) is 10.6 Å². The summed E-state index contributed by atoms with van der Waals surface area (Å²) in [5.74, 6) is -0.0130. The maximum atomic E-state index is 12.9. The van der Waals surface area contributed by atoms with Crippen molar-refractivity contribution in [3.63, 3.8) is 0 Å². The van der Waals surface area contributed by atoms with Gasteiger partial charge in [-0.1, -0.05) is 29.8 Å². The van der Waals surface area contributed by atoms with E-state index in [9.17, 15) is 13.2 Å². The van der Waals surface area contributed by atoms with Crippen LogP contribution in [0.3, 0.4) is 0 Å². The molecule has 0 aliphatic heterocycles. The highest BCUT2D eigenvalue weighted by Crippen LogP contribution is 2.30. The van der Waals surface area contributed by atoms with E-state index in [2.05, 4.69) is 10.0 Å². The Kier molecular flexibility index (Phi) is 6.34. The van der Waals surface area contributed by atoms with Crippen LogP contribution in [0.1, 0.15) is 21.5 Å². The largest absolute Gasteiger partial charge is 0.495 e. The van der Waals surface area contributed by atoms with Gasteiger partial charge in [-0.25, -0.2) is 8.42 Å². The molecule has 8 heteroatoms. The highest BCUT2D eigenvalue weighted by Gasteiger charge is 2.19. The van der Waals surface area contributed by atoms with Crippen molar-refractivity contribution in [1.82, 2.24) is 0 Å². The Morgan fingerprint density at radius 2 is 1.67 bits per heavy atom. The van der Waals surface area contributed by atoms with Crippen LogP contribution in [0.4, 0.5) is 11.4 Å². The molecule has 0 bridgehead atoms. The number of anilines is 2. The van der Waals surface area contributed by atoms with Crippen LogP contribution in [0.15, 0.2) is 65.6 Å². The quantitative estimate of drug-likeness (QED) is 0.559. The molecule has 0 aliphatic carbocycles. The normalized spacial score (nSPS) is 11.1. The Bertz CT molecular complexity index is 1210. The number of amides is 1. The highest BCUT2D eigenvalue weighted by molar-refractivity contribution is 7.92. The number of carbonyl (C=O) groups excluding carboxylic acids is 1. The predicted octanol–water partition coefficient (Wildman–Crippen LogP) is 5.02. The fraction of sp³-hybridized carbons (Fsp3) is 0.136. The monoisotopic (exact) mass is 444 g/mol. The number of aryl methyl sites for hydroxylation is 2. The van der Waals surface area contributed by atoms with Gasteiger partial charge in [0.25, 0.3) is 15.9 Å². The molecular formula is C22H21ClN2O4S. The number of benzene rings is 3. The molecule has 3 aromatic rings. The van der Waals surface area contributed by atoms with Gasteiger partial charge < -0.3 is 10.1 Å². The van der Waals surface area contributed by atoms with E-state index in [-0.39, 0.29) is 16.5 Å².